The highest BCUT2D eigenvalue weighted by Gasteiger charge is 2.34. The van der Waals surface area contributed by atoms with Gasteiger partial charge < -0.3 is 15.0 Å². The fourth-order valence-electron chi connectivity index (χ4n) is 4.20. The van der Waals surface area contributed by atoms with Crippen LogP contribution in [0, 0.1) is 0 Å². The number of rotatable bonds is 14. The van der Waals surface area contributed by atoms with Gasteiger partial charge >= 0.3 is 10.2 Å². The highest BCUT2D eigenvalue weighted by atomic mass is 32.2. The lowest BCUT2D eigenvalue weighted by Crippen LogP contribution is -2.54. The van der Waals surface area contributed by atoms with Crippen LogP contribution in [0.4, 0.5) is 5.69 Å². The molecule has 0 heterocycles. The van der Waals surface area contributed by atoms with Gasteiger partial charge in [0.25, 0.3) is 0 Å². The number of anilines is 1. The maximum absolute atomic E-state index is 14.2. The van der Waals surface area contributed by atoms with Crippen molar-refractivity contribution >= 4 is 27.7 Å². The van der Waals surface area contributed by atoms with Crippen LogP contribution < -0.4 is 14.4 Å². The van der Waals surface area contributed by atoms with Gasteiger partial charge in [-0.25, -0.2) is 4.31 Å². The summed E-state index contributed by atoms with van der Waals surface area (Å²) in [4.78, 5) is 29.2. The minimum Gasteiger partial charge on any atom is -0.497 e. The summed E-state index contributed by atoms with van der Waals surface area (Å²) in [6.45, 7) is 2.00. The molecule has 1 atom stereocenters. The largest absolute Gasteiger partial charge is 0.497 e. The second-order valence-electron chi connectivity index (χ2n) is 9.50. The van der Waals surface area contributed by atoms with Gasteiger partial charge in [0.05, 0.1) is 12.8 Å². The van der Waals surface area contributed by atoms with Gasteiger partial charge in [0.1, 0.15) is 18.3 Å². The van der Waals surface area contributed by atoms with Crippen molar-refractivity contribution in [3.8, 4) is 5.75 Å². The van der Waals surface area contributed by atoms with Crippen LogP contribution in [0.5, 0.6) is 5.75 Å². The Bertz CT molecular complexity index is 1350. The molecule has 0 aromatic heterocycles. The van der Waals surface area contributed by atoms with Crippen LogP contribution in [-0.2, 0) is 32.8 Å². The topological polar surface area (TPSA) is 99.3 Å². The van der Waals surface area contributed by atoms with Gasteiger partial charge in [-0.2, -0.15) is 12.7 Å². The summed E-state index contributed by atoms with van der Waals surface area (Å²) in [5.74, 6) is -0.200. The Kier molecular flexibility index (Phi) is 11.1. The van der Waals surface area contributed by atoms with Gasteiger partial charge in [-0.05, 0) is 41.8 Å². The molecule has 0 radical (unpaired) electrons. The zero-order valence-corrected chi connectivity index (χ0v) is 24.3. The van der Waals surface area contributed by atoms with Gasteiger partial charge in [0.15, 0.2) is 0 Å². The zero-order valence-electron chi connectivity index (χ0n) is 23.5. The Hall–Kier alpha value is -3.89. The Morgan fingerprint density at radius 2 is 1.52 bits per heavy atom. The van der Waals surface area contributed by atoms with Crippen LogP contribution in [0.1, 0.15) is 24.5 Å². The molecule has 0 aliphatic rings. The number of hydrogen-bond donors (Lipinski definition) is 1. The minimum absolute atomic E-state index is 0.0811. The van der Waals surface area contributed by atoms with Crippen molar-refractivity contribution in [3.63, 3.8) is 0 Å². The molecule has 10 heteroatoms. The van der Waals surface area contributed by atoms with E-state index in [9.17, 15) is 18.0 Å². The van der Waals surface area contributed by atoms with Crippen molar-refractivity contribution in [2.75, 3.05) is 38.6 Å². The predicted molar refractivity (Wildman–Crippen MR) is 157 cm³/mol. The normalized spacial score (nSPS) is 12.0. The van der Waals surface area contributed by atoms with Crippen molar-refractivity contribution in [1.29, 1.82) is 0 Å². The average Bonchev–Trinajstić information content (AvgIpc) is 2.97. The standard InChI is InChI=1S/C30H38N4O5S/c1-5-19-31-30(36)28(21-24-13-8-6-9-14-24)33(22-25-15-12-18-27(20-25)39-4)29(35)23-34(40(37,38)32(2)3)26-16-10-7-11-17-26/h6-18,20,28H,5,19,21-23H2,1-4H3,(H,31,36)/t28-/m1/s1. The van der Waals surface area contributed by atoms with E-state index < -0.39 is 28.7 Å². The fourth-order valence-corrected chi connectivity index (χ4v) is 5.25. The first kappa shape index (κ1) is 30.6. The second-order valence-corrected chi connectivity index (χ2v) is 11.6. The number of para-hydroxylation sites is 1. The second kappa shape index (κ2) is 14.5. The highest BCUT2D eigenvalue weighted by Crippen LogP contribution is 2.22. The van der Waals surface area contributed by atoms with E-state index in [4.69, 9.17) is 4.74 Å². The molecule has 2 amide bonds. The molecule has 3 rings (SSSR count). The molecule has 0 bridgehead atoms. The van der Waals surface area contributed by atoms with Crippen molar-refractivity contribution < 1.29 is 22.7 Å². The molecule has 1 N–H and O–H groups in total. The lowest BCUT2D eigenvalue weighted by molar-refractivity contribution is -0.140. The van der Waals surface area contributed by atoms with Crippen molar-refractivity contribution in [2.24, 2.45) is 0 Å². The molecule has 0 saturated heterocycles. The van der Waals surface area contributed by atoms with E-state index in [-0.39, 0.29) is 18.9 Å². The van der Waals surface area contributed by atoms with Crippen LogP contribution >= 0.6 is 0 Å². The third-order valence-electron chi connectivity index (χ3n) is 6.37. The van der Waals surface area contributed by atoms with Crippen LogP contribution in [0.2, 0.25) is 0 Å². The number of carbonyl (C=O) groups is 2. The van der Waals surface area contributed by atoms with Crippen molar-refractivity contribution in [1.82, 2.24) is 14.5 Å². The molecule has 0 aliphatic carbocycles. The van der Waals surface area contributed by atoms with Crippen LogP contribution in [0.3, 0.4) is 0 Å². The predicted octanol–water partition coefficient (Wildman–Crippen LogP) is 3.47. The van der Waals surface area contributed by atoms with Crippen molar-refractivity contribution in [3.05, 3.63) is 96.1 Å². The molecule has 0 aliphatic heterocycles. The summed E-state index contributed by atoms with van der Waals surface area (Å²) in [6, 6.07) is 24.3. The Morgan fingerprint density at radius 3 is 2.12 bits per heavy atom. The maximum atomic E-state index is 14.2. The van der Waals surface area contributed by atoms with E-state index in [0.717, 1.165) is 26.2 Å². The van der Waals surface area contributed by atoms with Crippen LogP contribution in [0.25, 0.3) is 0 Å². The van der Waals surface area contributed by atoms with Gasteiger partial charge in [-0.1, -0.05) is 67.6 Å². The third kappa shape index (κ3) is 8.06. The summed E-state index contributed by atoms with van der Waals surface area (Å²) in [5, 5.41) is 2.93. The van der Waals surface area contributed by atoms with Gasteiger partial charge in [0, 0.05) is 33.6 Å². The zero-order chi connectivity index (χ0) is 29.1. The number of ether oxygens (including phenoxy) is 1. The van der Waals surface area contributed by atoms with E-state index in [0.29, 0.717) is 18.0 Å². The van der Waals surface area contributed by atoms with E-state index in [1.807, 2.05) is 49.4 Å². The summed E-state index contributed by atoms with van der Waals surface area (Å²) in [5.41, 5.74) is 1.97. The molecule has 0 fully saturated rings. The first-order chi connectivity index (χ1) is 19.2. The fraction of sp³-hybridized carbons (Fsp3) is 0.333. The number of hydrogen-bond acceptors (Lipinski definition) is 5. The molecule has 40 heavy (non-hydrogen) atoms. The third-order valence-corrected chi connectivity index (χ3v) is 8.19. The van der Waals surface area contributed by atoms with E-state index in [2.05, 4.69) is 5.32 Å². The Balaban J connectivity index is 2.07. The Morgan fingerprint density at radius 1 is 0.900 bits per heavy atom. The number of nitrogens with one attached hydrogen (secondary N) is 1. The summed E-state index contributed by atoms with van der Waals surface area (Å²) < 4.78 is 34.2. The Labute approximate surface area is 237 Å². The number of benzene rings is 3. The summed E-state index contributed by atoms with van der Waals surface area (Å²) in [7, 11) is 0.367. The lowest BCUT2D eigenvalue weighted by atomic mass is 10.0. The van der Waals surface area contributed by atoms with E-state index >= 15 is 0 Å². The van der Waals surface area contributed by atoms with Gasteiger partial charge in [-0.3, -0.25) is 9.59 Å². The maximum Gasteiger partial charge on any atom is 0.304 e. The summed E-state index contributed by atoms with van der Waals surface area (Å²) >= 11 is 0. The first-order valence-electron chi connectivity index (χ1n) is 13.2. The lowest BCUT2D eigenvalue weighted by Gasteiger charge is -2.34. The first-order valence-corrected chi connectivity index (χ1v) is 14.6. The molecule has 3 aromatic carbocycles. The summed E-state index contributed by atoms with van der Waals surface area (Å²) in [6.07, 6.45) is 0.994. The van der Waals surface area contributed by atoms with E-state index in [1.165, 1.54) is 19.0 Å². The SMILES string of the molecule is CCCNC(=O)[C@@H](Cc1ccccc1)N(Cc1cccc(OC)c1)C(=O)CN(c1ccccc1)S(=O)(=O)N(C)C. The molecule has 9 nitrogen and oxygen atoms in total. The molecule has 0 unspecified atom stereocenters. The van der Waals surface area contributed by atoms with Gasteiger partial charge in [0.2, 0.25) is 11.8 Å². The molecule has 3 aromatic rings. The number of carbonyl (C=O) groups excluding carboxylic acids is 2. The number of amides is 2. The quantitative estimate of drug-likeness (QED) is 0.322. The molecular weight excluding hydrogens is 528 g/mol. The molecule has 0 spiro atoms. The number of nitrogens with zero attached hydrogens (tertiary/aromatic N) is 3. The smallest absolute Gasteiger partial charge is 0.304 e. The van der Waals surface area contributed by atoms with Crippen LogP contribution in [0.15, 0.2) is 84.9 Å². The minimum atomic E-state index is -4.02. The molecular formula is C30H38N4O5S. The highest BCUT2D eigenvalue weighted by molar-refractivity contribution is 7.90. The molecule has 0 saturated carbocycles. The number of methoxy groups -OCH3 is 1. The van der Waals surface area contributed by atoms with E-state index in [1.54, 1.807) is 49.6 Å². The van der Waals surface area contributed by atoms with Crippen LogP contribution in [-0.4, -0.2) is 69.8 Å². The van der Waals surface area contributed by atoms with Crippen molar-refractivity contribution in [2.45, 2.75) is 32.4 Å². The van der Waals surface area contributed by atoms with Gasteiger partial charge in [-0.15, -0.1) is 0 Å². The monoisotopic (exact) mass is 566 g/mol. The average molecular weight is 567 g/mol. The molecule has 214 valence electrons.